The van der Waals surface area contributed by atoms with Crippen molar-refractivity contribution in [3.63, 3.8) is 0 Å². The first-order valence-corrected chi connectivity index (χ1v) is 9.34. The molecule has 1 aliphatic heterocycles. The molecule has 1 heterocycles. The van der Waals surface area contributed by atoms with Crippen LogP contribution in [0.15, 0.2) is 36.4 Å². The fraction of sp³-hybridized carbons (Fsp3) is 0.524. The predicted octanol–water partition coefficient (Wildman–Crippen LogP) is 2.98. The van der Waals surface area contributed by atoms with E-state index >= 15 is 0 Å². The first-order chi connectivity index (χ1) is 12.5. The van der Waals surface area contributed by atoms with Gasteiger partial charge in [-0.2, -0.15) is 0 Å². The normalized spacial score (nSPS) is 20.4. The minimum Gasteiger partial charge on any atom is -0.466 e. The second-order valence-corrected chi connectivity index (χ2v) is 6.66. The maximum absolute atomic E-state index is 12.1. The standard InChI is InChI=1S/C21H29NO4/c1-4-25-20(23)12-8-11-17-9-6-7-10-18(17)14-22-13-16(3)19(15-22)21(24)26-5-2/h6-10,12,16,19H,4-5,11,13-15H2,1-3H3/b12-8+/t16-,19-/m1/s1. The lowest BCUT2D eigenvalue weighted by Crippen LogP contribution is -2.25. The maximum Gasteiger partial charge on any atom is 0.330 e. The Morgan fingerprint density at radius 2 is 1.81 bits per heavy atom. The van der Waals surface area contributed by atoms with Gasteiger partial charge in [-0.25, -0.2) is 4.79 Å². The largest absolute Gasteiger partial charge is 0.466 e. The average Bonchev–Trinajstić information content (AvgIpc) is 2.97. The fourth-order valence-electron chi connectivity index (χ4n) is 3.38. The summed E-state index contributed by atoms with van der Waals surface area (Å²) in [6, 6.07) is 8.21. The minimum atomic E-state index is -0.310. The van der Waals surface area contributed by atoms with Crippen LogP contribution in [0, 0.1) is 11.8 Å². The Morgan fingerprint density at radius 1 is 1.12 bits per heavy atom. The molecule has 0 N–H and O–H groups in total. The van der Waals surface area contributed by atoms with Crippen molar-refractivity contribution in [2.75, 3.05) is 26.3 Å². The summed E-state index contributed by atoms with van der Waals surface area (Å²) in [5.41, 5.74) is 2.40. The minimum absolute atomic E-state index is 0.0502. The molecule has 26 heavy (non-hydrogen) atoms. The van der Waals surface area contributed by atoms with Crippen molar-refractivity contribution in [1.82, 2.24) is 4.90 Å². The topological polar surface area (TPSA) is 55.8 Å². The number of likely N-dealkylation sites (tertiary alicyclic amines) is 1. The molecule has 0 bridgehead atoms. The summed E-state index contributed by atoms with van der Waals surface area (Å²) in [5, 5.41) is 0. The molecule has 0 radical (unpaired) electrons. The SMILES string of the molecule is CCOC(=O)/C=C/Cc1ccccc1CN1C[C@@H](C)[C@H](C(=O)OCC)C1. The summed E-state index contributed by atoms with van der Waals surface area (Å²) < 4.78 is 10.1. The molecule has 2 rings (SSSR count). The van der Waals surface area contributed by atoms with Gasteiger partial charge in [-0.1, -0.05) is 37.3 Å². The number of rotatable bonds is 8. The zero-order valence-electron chi connectivity index (χ0n) is 15.9. The number of hydrogen-bond donors (Lipinski definition) is 0. The number of benzene rings is 1. The van der Waals surface area contributed by atoms with Crippen LogP contribution in [0.25, 0.3) is 0 Å². The first kappa shape index (κ1) is 20.2. The van der Waals surface area contributed by atoms with Crippen molar-refractivity contribution >= 4 is 11.9 Å². The average molecular weight is 359 g/mol. The lowest BCUT2D eigenvalue weighted by Gasteiger charge is -2.18. The highest BCUT2D eigenvalue weighted by Crippen LogP contribution is 2.26. The number of ether oxygens (including phenoxy) is 2. The monoisotopic (exact) mass is 359 g/mol. The van der Waals surface area contributed by atoms with Gasteiger partial charge in [0.2, 0.25) is 0 Å². The molecule has 0 amide bonds. The van der Waals surface area contributed by atoms with E-state index in [-0.39, 0.29) is 17.9 Å². The zero-order valence-corrected chi connectivity index (χ0v) is 15.9. The molecule has 2 atom stereocenters. The van der Waals surface area contributed by atoms with Crippen molar-refractivity contribution in [2.24, 2.45) is 11.8 Å². The highest BCUT2D eigenvalue weighted by molar-refractivity contribution is 5.81. The Kier molecular flexibility index (Phi) is 7.85. The fourth-order valence-corrected chi connectivity index (χ4v) is 3.38. The molecule has 1 aromatic carbocycles. The molecule has 0 saturated carbocycles. The second kappa shape index (κ2) is 10.1. The van der Waals surface area contributed by atoms with E-state index in [1.54, 1.807) is 6.92 Å². The van der Waals surface area contributed by atoms with E-state index in [2.05, 4.69) is 24.0 Å². The van der Waals surface area contributed by atoms with Crippen molar-refractivity contribution in [1.29, 1.82) is 0 Å². The van der Waals surface area contributed by atoms with E-state index in [4.69, 9.17) is 9.47 Å². The summed E-state index contributed by atoms with van der Waals surface area (Å²) in [5.74, 6) is -0.153. The molecule has 1 aliphatic rings. The van der Waals surface area contributed by atoms with Crippen molar-refractivity contribution in [3.8, 4) is 0 Å². The van der Waals surface area contributed by atoms with E-state index in [9.17, 15) is 9.59 Å². The van der Waals surface area contributed by atoms with Crippen molar-refractivity contribution in [3.05, 3.63) is 47.5 Å². The number of nitrogens with zero attached hydrogens (tertiary/aromatic N) is 1. The van der Waals surface area contributed by atoms with E-state index in [1.165, 1.54) is 17.2 Å². The molecule has 0 aromatic heterocycles. The van der Waals surface area contributed by atoms with Crippen molar-refractivity contribution in [2.45, 2.75) is 33.7 Å². The van der Waals surface area contributed by atoms with Crippen LogP contribution >= 0.6 is 0 Å². The summed E-state index contributed by atoms with van der Waals surface area (Å²) >= 11 is 0. The van der Waals surface area contributed by atoms with Crippen LogP contribution in [-0.2, 0) is 32.0 Å². The van der Waals surface area contributed by atoms with E-state index in [0.29, 0.717) is 25.6 Å². The molecule has 1 aromatic rings. The first-order valence-electron chi connectivity index (χ1n) is 9.34. The number of carbonyl (C=O) groups is 2. The van der Waals surface area contributed by atoms with Gasteiger partial charge < -0.3 is 9.47 Å². The van der Waals surface area contributed by atoms with Gasteiger partial charge in [0.1, 0.15) is 0 Å². The highest BCUT2D eigenvalue weighted by Gasteiger charge is 2.35. The van der Waals surface area contributed by atoms with E-state index < -0.39 is 0 Å². The molecule has 142 valence electrons. The van der Waals surface area contributed by atoms with Crippen LogP contribution in [0.3, 0.4) is 0 Å². The Bertz CT molecular complexity index is 641. The molecular formula is C21H29NO4. The van der Waals surface area contributed by atoms with Crippen molar-refractivity contribution < 1.29 is 19.1 Å². The number of allylic oxidation sites excluding steroid dienone is 1. The molecule has 0 unspecified atom stereocenters. The Morgan fingerprint density at radius 3 is 2.50 bits per heavy atom. The molecule has 5 nitrogen and oxygen atoms in total. The Labute approximate surface area is 156 Å². The Hall–Kier alpha value is -2.14. The molecule has 0 aliphatic carbocycles. The van der Waals surface area contributed by atoms with Gasteiger partial charge in [-0.05, 0) is 37.3 Å². The van der Waals surface area contributed by atoms with E-state index in [1.807, 2.05) is 25.1 Å². The van der Waals surface area contributed by atoms with Gasteiger partial charge in [0, 0.05) is 25.7 Å². The molecule has 0 spiro atoms. The lowest BCUT2D eigenvalue weighted by molar-refractivity contribution is -0.148. The molecule has 1 saturated heterocycles. The summed E-state index contributed by atoms with van der Waals surface area (Å²) in [6.07, 6.45) is 4.00. The van der Waals surface area contributed by atoms with Crippen LogP contribution in [0.4, 0.5) is 0 Å². The van der Waals surface area contributed by atoms with Crippen LogP contribution in [0.5, 0.6) is 0 Å². The van der Waals surface area contributed by atoms with Gasteiger partial charge in [0.15, 0.2) is 0 Å². The smallest absolute Gasteiger partial charge is 0.330 e. The molecule has 1 fully saturated rings. The van der Waals surface area contributed by atoms with Gasteiger partial charge in [0.25, 0.3) is 0 Å². The van der Waals surface area contributed by atoms with Crippen LogP contribution < -0.4 is 0 Å². The molecule has 5 heteroatoms. The van der Waals surface area contributed by atoms with Gasteiger partial charge in [0.05, 0.1) is 19.1 Å². The van der Waals surface area contributed by atoms with Crippen LogP contribution in [0.1, 0.15) is 31.9 Å². The highest BCUT2D eigenvalue weighted by atomic mass is 16.5. The molecular weight excluding hydrogens is 330 g/mol. The third-order valence-electron chi connectivity index (χ3n) is 4.67. The quantitative estimate of drug-likeness (QED) is 0.528. The zero-order chi connectivity index (χ0) is 18.9. The lowest BCUT2D eigenvalue weighted by atomic mass is 9.99. The Balaban J connectivity index is 1.98. The van der Waals surface area contributed by atoms with Gasteiger partial charge in [-0.3, -0.25) is 9.69 Å². The number of carbonyl (C=O) groups excluding carboxylic acids is 2. The number of esters is 2. The summed E-state index contributed by atoms with van der Waals surface area (Å²) in [7, 11) is 0. The summed E-state index contributed by atoms with van der Waals surface area (Å²) in [4.78, 5) is 25.8. The summed E-state index contributed by atoms with van der Waals surface area (Å²) in [6.45, 7) is 8.96. The predicted molar refractivity (Wildman–Crippen MR) is 100 cm³/mol. The number of hydrogen-bond acceptors (Lipinski definition) is 5. The third-order valence-corrected chi connectivity index (χ3v) is 4.67. The van der Waals surface area contributed by atoms with Gasteiger partial charge >= 0.3 is 11.9 Å². The van der Waals surface area contributed by atoms with Crippen LogP contribution in [0.2, 0.25) is 0 Å². The van der Waals surface area contributed by atoms with Gasteiger partial charge in [-0.15, -0.1) is 0 Å². The van der Waals surface area contributed by atoms with Crippen LogP contribution in [-0.4, -0.2) is 43.1 Å². The second-order valence-electron chi connectivity index (χ2n) is 6.66. The van der Waals surface area contributed by atoms with E-state index in [0.717, 1.165) is 19.6 Å². The maximum atomic E-state index is 12.1. The third kappa shape index (κ3) is 5.70.